The Morgan fingerprint density at radius 1 is 1.27 bits per heavy atom. The molecule has 0 radical (unpaired) electrons. The number of hydrogen-bond donors (Lipinski definition) is 0. The van der Waals surface area contributed by atoms with E-state index in [-0.39, 0.29) is 11.5 Å². The number of nitrogens with zero attached hydrogens (tertiary/aromatic N) is 4. The molecule has 1 aliphatic heterocycles. The van der Waals surface area contributed by atoms with Gasteiger partial charge in [-0.15, -0.1) is 0 Å². The minimum Gasteiger partial charge on any atom is -0.361 e. The van der Waals surface area contributed by atoms with E-state index in [1.165, 1.54) is 0 Å². The first kappa shape index (κ1) is 20.3. The van der Waals surface area contributed by atoms with Gasteiger partial charge < -0.3 is 14.0 Å². The number of aryl methyl sites for hydroxylation is 3. The Kier molecular flexibility index (Phi) is 5.47. The Morgan fingerprint density at radius 3 is 2.73 bits per heavy atom. The van der Waals surface area contributed by atoms with Crippen molar-refractivity contribution >= 4 is 34.1 Å². The third kappa shape index (κ3) is 3.77. The molecule has 1 amide bonds. The molecule has 0 aliphatic carbocycles. The zero-order valence-corrected chi connectivity index (χ0v) is 18.0. The fraction of sp³-hybridized carbons (Fsp3) is 0.364. The van der Waals surface area contributed by atoms with Crippen molar-refractivity contribution in [2.24, 2.45) is 0 Å². The lowest BCUT2D eigenvalue weighted by molar-refractivity contribution is -0.130. The molecule has 3 heterocycles. The van der Waals surface area contributed by atoms with Crippen LogP contribution in [0.15, 0.2) is 33.6 Å². The Bertz CT molecular complexity index is 1210. The average Bonchev–Trinajstić information content (AvgIpc) is 3.04. The van der Waals surface area contributed by atoms with Gasteiger partial charge in [-0.05, 0) is 51.5 Å². The molecule has 1 aliphatic rings. The Hall–Kier alpha value is -2.93. The van der Waals surface area contributed by atoms with E-state index in [9.17, 15) is 9.59 Å². The lowest BCUT2D eigenvalue weighted by Crippen LogP contribution is -2.35. The van der Waals surface area contributed by atoms with Crippen LogP contribution in [-0.2, 0) is 11.2 Å². The van der Waals surface area contributed by atoms with Crippen molar-refractivity contribution in [1.29, 1.82) is 0 Å². The van der Waals surface area contributed by atoms with E-state index in [1.54, 1.807) is 12.1 Å². The molecule has 0 unspecified atom stereocenters. The van der Waals surface area contributed by atoms with Crippen LogP contribution in [0.2, 0.25) is 5.02 Å². The molecule has 30 heavy (non-hydrogen) atoms. The monoisotopic (exact) mass is 426 g/mol. The predicted octanol–water partition coefficient (Wildman–Crippen LogP) is 3.67. The summed E-state index contributed by atoms with van der Waals surface area (Å²) in [6.07, 6.45) is 3.76. The van der Waals surface area contributed by atoms with E-state index >= 15 is 0 Å². The van der Waals surface area contributed by atoms with Crippen molar-refractivity contribution in [3.8, 4) is 0 Å². The normalized spacial score (nSPS) is 14.3. The summed E-state index contributed by atoms with van der Waals surface area (Å²) in [6, 6.07) is 5.26. The molecule has 0 bridgehead atoms. The molecule has 8 heteroatoms. The smallest absolute Gasteiger partial charge is 0.280 e. The molecule has 0 saturated carbocycles. The maximum Gasteiger partial charge on any atom is 0.280 e. The first-order valence-electron chi connectivity index (χ1n) is 9.93. The quantitative estimate of drug-likeness (QED) is 0.635. The number of rotatable bonds is 4. The van der Waals surface area contributed by atoms with Crippen LogP contribution in [0.25, 0.3) is 16.6 Å². The zero-order chi connectivity index (χ0) is 21.4. The van der Waals surface area contributed by atoms with Crippen LogP contribution in [0.5, 0.6) is 0 Å². The fourth-order valence-electron chi connectivity index (χ4n) is 4.01. The molecule has 156 valence electrons. The van der Waals surface area contributed by atoms with Crippen molar-refractivity contribution in [1.82, 2.24) is 19.6 Å². The SMILES string of the molecule is Cc1noc(C)c1CCC(=O)N1CC=C(n2c(C)nc(=O)c3cc(Cl)ccc32)CC1. The predicted molar refractivity (Wildman–Crippen MR) is 116 cm³/mol. The van der Waals surface area contributed by atoms with E-state index in [1.807, 2.05) is 42.4 Å². The molecule has 0 N–H and O–H groups in total. The van der Waals surface area contributed by atoms with Gasteiger partial charge in [-0.3, -0.25) is 9.59 Å². The van der Waals surface area contributed by atoms with E-state index in [0.29, 0.717) is 48.6 Å². The van der Waals surface area contributed by atoms with Gasteiger partial charge in [0.25, 0.3) is 5.56 Å². The molecule has 2 aromatic heterocycles. The molecule has 0 fully saturated rings. The maximum atomic E-state index is 12.7. The van der Waals surface area contributed by atoms with Gasteiger partial charge in [-0.2, -0.15) is 4.98 Å². The van der Waals surface area contributed by atoms with Crippen LogP contribution in [0.4, 0.5) is 0 Å². The van der Waals surface area contributed by atoms with E-state index in [2.05, 4.69) is 10.1 Å². The summed E-state index contributed by atoms with van der Waals surface area (Å²) in [5.41, 5.74) is 3.38. The van der Waals surface area contributed by atoms with Gasteiger partial charge in [0, 0.05) is 42.2 Å². The van der Waals surface area contributed by atoms with E-state index in [4.69, 9.17) is 16.1 Å². The zero-order valence-electron chi connectivity index (χ0n) is 17.2. The Morgan fingerprint density at radius 2 is 2.07 bits per heavy atom. The molecule has 3 aromatic rings. The molecule has 1 aromatic carbocycles. The summed E-state index contributed by atoms with van der Waals surface area (Å²) >= 11 is 6.06. The minimum atomic E-state index is -0.284. The Balaban J connectivity index is 1.53. The number of hydrogen-bond acceptors (Lipinski definition) is 5. The first-order chi connectivity index (χ1) is 14.3. The highest BCUT2D eigenvalue weighted by Gasteiger charge is 2.21. The van der Waals surface area contributed by atoms with E-state index in [0.717, 1.165) is 28.2 Å². The molecular weight excluding hydrogens is 404 g/mol. The highest BCUT2D eigenvalue weighted by Crippen LogP contribution is 2.25. The summed E-state index contributed by atoms with van der Waals surface area (Å²) in [5.74, 6) is 1.50. The van der Waals surface area contributed by atoms with Gasteiger partial charge in [0.05, 0.1) is 16.6 Å². The molecular formula is C22H23ClN4O3. The second kappa shape index (κ2) is 8.07. The van der Waals surface area contributed by atoms with E-state index < -0.39 is 0 Å². The van der Waals surface area contributed by atoms with Gasteiger partial charge in [-0.1, -0.05) is 16.8 Å². The second-order valence-corrected chi connectivity index (χ2v) is 7.99. The summed E-state index contributed by atoms with van der Waals surface area (Å²) in [4.78, 5) is 31.0. The van der Waals surface area contributed by atoms with Crippen molar-refractivity contribution in [2.75, 3.05) is 13.1 Å². The topological polar surface area (TPSA) is 81.2 Å². The van der Waals surface area contributed by atoms with Gasteiger partial charge >= 0.3 is 0 Å². The number of carbonyl (C=O) groups is 1. The number of amides is 1. The summed E-state index contributed by atoms with van der Waals surface area (Å²) in [6.45, 7) is 6.72. The average molecular weight is 427 g/mol. The van der Waals surface area contributed by atoms with Crippen LogP contribution < -0.4 is 5.56 Å². The largest absolute Gasteiger partial charge is 0.361 e. The van der Waals surface area contributed by atoms with Gasteiger partial charge in [0.1, 0.15) is 11.6 Å². The van der Waals surface area contributed by atoms with Crippen LogP contribution >= 0.6 is 11.6 Å². The standard InChI is InChI=1S/C22H23ClN4O3/c1-13-18(14(2)30-25-13)5-7-21(28)26-10-8-17(9-11-26)27-15(3)24-22(29)19-12-16(23)4-6-20(19)27/h4,6,8,12H,5,7,9-11H2,1-3H3. The van der Waals surface area contributed by atoms with Crippen molar-refractivity contribution in [3.63, 3.8) is 0 Å². The lowest BCUT2D eigenvalue weighted by Gasteiger charge is -2.28. The second-order valence-electron chi connectivity index (χ2n) is 7.55. The fourth-order valence-corrected chi connectivity index (χ4v) is 4.18. The molecule has 4 rings (SSSR count). The third-order valence-corrected chi connectivity index (χ3v) is 5.85. The maximum absolute atomic E-state index is 12.7. The highest BCUT2D eigenvalue weighted by atomic mass is 35.5. The molecule has 0 atom stereocenters. The number of carbonyl (C=O) groups excluding carboxylic acids is 1. The highest BCUT2D eigenvalue weighted by molar-refractivity contribution is 6.31. The first-order valence-corrected chi connectivity index (χ1v) is 10.3. The van der Waals surface area contributed by atoms with Crippen LogP contribution in [-0.4, -0.2) is 38.6 Å². The third-order valence-electron chi connectivity index (χ3n) is 5.61. The minimum absolute atomic E-state index is 0.108. The van der Waals surface area contributed by atoms with Crippen LogP contribution in [0, 0.1) is 20.8 Å². The number of aromatic nitrogens is 3. The summed E-state index contributed by atoms with van der Waals surface area (Å²) < 4.78 is 7.16. The molecule has 7 nitrogen and oxygen atoms in total. The summed E-state index contributed by atoms with van der Waals surface area (Å²) in [7, 11) is 0. The number of halogens is 1. The van der Waals surface area contributed by atoms with Crippen LogP contribution in [0.1, 0.15) is 35.7 Å². The van der Waals surface area contributed by atoms with Crippen molar-refractivity contribution in [3.05, 3.63) is 62.5 Å². The van der Waals surface area contributed by atoms with Gasteiger partial charge in [-0.25, -0.2) is 0 Å². The Labute approximate surface area is 178 Å². The van der Waals surface area contributed by atoms with Gasteiger partial charge in [0.15, 0.2) is 0 Å². The summed E-state index contributed by atoms with van der Waals surface area (Å²) in [5, 5.41) is 4.94. The lowest BCUT2D eigenvalue weighted by atomic mass is 10.1. The van der Waals surface area contributed by atoms with Crippen molar-refractivity contribution in [2.45, 2.75) is 40.0 Å². The van der Waals surface area contributed by atoms with Gasteiger partial charge in [0.2, 0.25) is 5.91 Å². The van der Waals surface area contributed by atoms with Crippen LogP contribution in [0.3, 0.4) is 0 Å². The number of benzene rings is 1. The molecule has 0 spiro atoms. The number of fused-ring (bicyclic) bond motifs is 1. The van der Waals surface area contributed by atoms with Crippen molar-refractivity contribution < 1.29 is 9.32 Å². The molecule has 0 saturated heterocycles.